The summed E-state index contributed by atoms with van der Waals surface area (Å²) >= 11 is 0. The van der Waals surface area contributed by atoms with Gasteiger partial charge in [0.15, 0.2) is 0 Å². The maximum Gasteiger partial charge on any atom is 0.240 e. The van der Waals surface area contributed by atoms with Crippen LogP contribution < -0.4 is 15.4 Å². The lowest BCUT2D eigenvalue weighted by molar-refractivity contribution is -0.137. The van der Waals surface area contributed by atoms with Crippen molar-refractivity contribution < 1.29 is 18.7 Å². The fourth-order valence-electron chi connectivity index (χ4n) is 4.55. The molecule has 2 atom stereocenters. The molecule has 1 saturated heterocycles. The van der Waals surface area contributed by atoms with Crippen molar-refractivity contribution in [1.29, 1.82) is 0 Å². The van der Waals surface area contributed by atoms with Crippen LogP contribution in [0.25, 0.3) is 0 Å². The molecule has 2 N–H and O–H groups in total. The maximum atomic E-state index is 14.4. The van der Waals surface area contributed by atoms with Gasteiger partial charge in [-0.3, -0.25) is 9.59 Å². The molecule has 188 valence electrons. The minimum absolute atomic E-state index is 0.00609. The van der Waals surface area contributed by atoms with Gasteiger partial charge in [0.1, 0.15) is 18.2 Å². The maximum absolute atomic E-state index is 14.4. The first kappa shape index (κ1) is 25.4. The summed E-state index contributed by atoms with van der Waals surface area (Å²) in [5.41, 5.74) is 2.76. The molecule has 0 bridgehead atoms. The van der Waals surface area contributed by atoms with Crippen molar-refractivity contribution in [2.45, 2.75) is 45.0 Å². The molecule has 1 aliphatic rings. The summed E-state index contributed by atoms with van der Waals surface area (Å²) in [7, 11) is 0. The van der Waals surface area contributed by atoms with Crippen LogP contribution in [0.4, 0.5) is 4.39 Å². The third-order valence-corrected chi connectivity index (χ3v) is 6.19. The van der Waals surface area contributed by atoms with E-state index in [1.807, 2.05) is 65.6 Å². The van der Waals surface area contributed by atoms with Gasteiger partial charge in [-0.15, -0.1) is 0 Å². The van der Waals surface area contributed by atoms with Crippen LogP contribution in [0.1, 0.15) is 30.0 Å². The Kier molecular flexibility index (Phi) is 8.68. The smallest absolute Gasteiger partial charge is 0.240 e. The second kappa shape index (κ2) is 12.3. The Morgan fingerprint density at radius 2 is 1.75 bits per heavy atom. The molecule has 3 aromatic carbocycles. The van der Waals surface area contributed by atoms with E-state index in [-0.39, 0.29) is 17.9 Å². The summed E-state index contributed by atoms with van der Waals surface area (Å²) in [6, 6.07) is 23.4. The van der Waals surface area contributed by atoms with Crippen LogP contribution >= 0.6 is 0 Å². The molecule has 0 radical (unpaired) electrons. The molecule has 0 saturated carbocycles. The van der Waals surface area contributed by atoms with Gasteiger partial charge < -0.3 is 20.3 Å². The van der Waals surface area contributed by atoms with Gasteiger partial charge in [-0.2, -0.15) is 0 Å². The molecule has 36 heavy (non-hydrogen) atoms. The van der Waals surface area contributed by atoms with Crippen LogP contribution in [-0.4, -0.2) is 41.9 Å². The Balaban J connectivity index is 1.42. The molecule has 6 nitrogen and oxygen atoms in total. The van der Waals surface area contributed by atoms with Gasteiger partial charge in [0.25, 0.3) is 0 Å². The Bertz CT molecular complexity index is 1160. The summed E-state index contributed by atoms with van der Waals surface area (Å²) in [6.45, 7) is 3.63. The van der Waals surface area contributed by atoms with Gasteiger partial charge in [0, 0.05) is 38.7 Å². The number of benzene rings is 3. The lowest BCUT2D eigenvalue weighted by atomic mass is 9.97. The summed E-state index contributed by atoms with van der Waals surface area (Å²) in [4.78, 5) is 27.0. The predicted octanol–water partition coefficient (Wildman–Crippen LogP) is 3.84. The minimum Gasteiger partial charge on any atom is -0.489 e. The van der Waals surface area contributed by atoms with Crippen molar-refractivity contribution in [2.75, 3.05) is 13.1 Å². The topological polar surface area (TPSA) is 70.7 Å². The number of amides is 2. The van der Waals surface area contributed by atoms with Gasteiger partial charge >= 0.3 is 0 Å². The van der Waals surface area contributed by atoms with Crippen molar-refractivity contribution in [1.82, 2.24) is 15.5 Å². The summed E-state index contributed by atoms with van der Waals surface area (Å²) in [5.74, 6) is -0.165. The first-order valence-electron chi connectivity index (χ1n) is 12.3. The molecule has 1 heterocycles. The first-order chi connectivity index (χ1) is 17.5. The fourth-order valence-corrected chi connectivity index (χ4v) is 4.55. The number of carbonyl (C=O) groups is 2. The van der Waals surface area contributed by atoms with Crippen LogP contribution in [0, 0.1) is 5.82 Å². The van der Waals surface area contributed by atoms with Gasteiger partial charge in [-0.1, -0.05) is 60.7 Å². The highest BCUT2D eigenvalue weighted by molar-refractivity contribution is 5.83. The highest BCUT2D eigenvalue weighted by Gasteiger charge is 2.31. The third kappa shape index (κ3) is 7.39. The highest BCUT2D eigenvalue weighted by Crippen LogP contribution is 2.21. The largest absolute Gasteiger partial charge is 0.489 e. The lowest BCUT2D eigenvalue weighted by Gasteiger charge is -2.35. The number of rotatable bonds is 10. The molecular weight excluding hydrogens is 457 g/mol. The Hall–Kier alpha value is -3.71. The van der Waals surface area contributed by atoms with Crippen molar-refractivity contribution in [3.8, 4) is 5.75 Å². The average molecular weight is 490 g/mol. The minimum atomic E-state index is -0.429. The van der Waals surface area contributed by atoms with Gasteiger partial charge in [-0.05, 0) is 41.7 Å². The molecule has 0 aliphatic carbocycles. The molecule has 0 spiro atoms. The van der Waals surface area contributed by atoms with Crippen LogP contribution in [0.3, 0.4) is 0 Å². The zero-order valence-electron chi connectivity index (χ0n) is 20.5. The second-order valence-corrected chi connectivity index (χ2v) is 9.16. The molecule has 4 rings (SSSR count). The standard InChI is InChI=1S/C29H32FN3O3/c1-21(34)32-26(18-28-29(35)33(13-12-31-28)19-22-8-4-2-5-9-22)15-24-14-25(30)17-27(16-24)36-20-23-10-6-3-7-11-23/h2-11,14,16-17,26,28,31H,12-13,15,18-20H2,1H3,(H,32,34)/t26-,28-/m0/s1. The number of carbonyl (C=O) groups excluding carboxylic acids is 2. The molecule has 7 heteroatoms. The number of ether oxygens (including phenoxy) is 1. The normalized spacial score (nSPS) is 16.4. The predicted molar refractivity (Wildman–Crippen MR) is 137 cm³/mol. The Labute approximate surface area is 211 Å². The molecule has 3 aromatic rings. The van der Waals surface area contributed by atoms with Crippen LogP contribution in [0.15, 0.2) is 78.9 Å². The molecule has 1 fully saturated rings. The SMILES string of the molecule is CC(=O)N[C@@H](Cc1cc(F)cc(OCc2ccccc2)c1)C[C@@H]1NCCN(Cc2ccccc2)C1=O. The van der Waals surface area contributed by atoms with Crippen LogP contribution in [0.2, 0.25) is 0 Å². The zero-order chi connectivity index (χ0) is 25.3. The lowest BCUT2D eigenvalue weighted by Crippen LogP contribution is -2.56. The molecule has 0 aromatic heterocycles. The quantitative estimate of drug-likeness (QED) is 0.454. The average Bonchev–Trinajstić information content (AvgIpc) is 2.86. The van der Waals surface area contributed by atoms with E-state index in [4.69, 9.17) is 4.74 Å². The highest BCUT2D eigenvalue weighted by atomic mass is 19.1. The van der Waals surface area contributed by atoms with E-state index >= 15 is 0 Å². The Morgan fingerprint density at radius 1 is 1.06 bits per heavy atom. The van der Waals surface area contributed by atoms with Gasteiger partial charge in [-0.25, -0.2) is 4.39 Å². The summed E-state index contributed by atoms with van der Waals surface area (Å²) in [6.07, 6.45) is 0.781. The second-order valence-electron chi connectivity index (χ2n) is 9.16. The molecular formula is C29H32FN3O3. The van der Waals surface area contributed by atoms with Crippen molar-refractivity contribution in [3.63, 3.8) is 0 Å². The third-order valence-electron chi connectivity index (χ3n) is 6.19. The van der Waals surface area contributed by atoms with E-state index < -0.39 is 11.9 Å². The first-order valence-corrected chi connectivity index (χ1v) is 12.3. The van der Waals surface area contributed by atoms with Crippen molar-refractivity contribution in [3.05, 3.63) is 101 Å². The number of hydrogen-bond acceptors (Lipinski definition) is 4. The fraction of sp³-hybridized carbons (Fsp3) is 0.310. The van der Waals surface area contributed by atoms with E-state index in [9.17, 15) is 14.0 Å². The number of halogens is 1. The number of nitrogens with zero attached hydrogens (tertiary/aromatic N) is 1. The van der Waals surface area contributed by atoms with E-state index in [0.717, 1.165) is 11.1 Å². The monoisotopic (exact) mass is 489 g/mol. The molecule has 1 aliphatic heterocycles. The van der Waals surface area contributed by atoms with Crippen LogP contribution in [0.5, 0.6) is 5.75 Å². The van der Waals surface area contributed by atoms with E-state index in [1.54, 1.807) is 6.07 Å². The van der Waals surface area contributed by atoms with E-state index in [1.165, 1.54) is 19.1 Å². The summed E-state index contributed by atoms with van der Waals surface area (Å²) < 4.78 is 20.2. The van der Waals surface area contributed by atoms with Crippen molar-refractivity contribution >= 4 is 11.8 Å². The van der Waals surface area contributed by atoms with Crippen LogP contribution in [-0.2, 0) is 29.2 Å². The summed E-state index contributed by atoms with van der Waals surface area (Å²) in [5, 5.41) is 6.24. The Morgan fingerprint density at radius 3 is 2.44 bits per heavy atom. The van der Waals surface area contributed by atoms with Gasteiger partial charge in [0.05, 0.1) is 6.04 Å². The molecule has 0 unspecified atom stereocenters. The van der Waals surface area contributed by atoms with E-state index in [2.05, 4.69) is 10.6 Å². The van der Waals surface area contributed by atoms with E-state index in [0.29, 0.717) is 50.4 Å². The number of piperazine rings is 1. The number of nitrogens with one attached hydrogen (secondary N) is 2. The molecule has 2 amide bonds. The van der Waals surface area contributed by atoms with Gasteiger partial charge in [0.2, 0.25) is 11.8 Å². The number of hydrogen-bond donors (Lipinski definition) is 2. The zero-order valence-corrected chi connectivity index (χ0v) is 20.5. The van der Waals surface area contributed by atoms with Crippen molar-refractivity contribution in [2.24, 2.45) is 0 Å².